The van der Waals surface area contributed by atoms with Gasteiger partial charge in [0.05, 0.1) is 11.3 Å². The molecule has 0 aliphatic carbocycles. The van der Waals surface area contributed by atoms with Crippen LogP contribution in [0.3, 0.4) is 0 Å². The second kappa shape index (κ2) is 8.84. The number of para-hydroxylation sites is 1. The number of rotatable bonds is 6. The van der Waals surface area contributed by atoms with Crippen molar-refractivity contribution in [3.8, 4) is 5.69 Å². The fraction of sp³-hybridized carbons (Fsp3) is 0.0833. The summed E-state index contributed by atoms with van der Waals surface area (Å²) < 4.78 is 1.51. The van der Waals surface area contributed by atoms with E-state index in [1.165, 1.54) is 4.68 Å². The molecule has 1 N–H and O–H groups in total. The first-order valence-corrected chi connectivity index (χ1v) is 9.88. The Morgan fingerprint density at radius 2 is 1.60 bits per heavy atom. The summed E-state index contributed by atoms with van der Waals surface area (Å²) in [7, 11) is 0. The van der Waals surface area contributed by atoms with Crippen LogP contribution in [0.1, 0.15) is 22.4 Å². The topological polar surface area (TPSA) is 59.4 Å². The molecular weight excluding hydrogens is 398 g/mol. The minimum Gasteiger partial charge on any atom is -0.390 e. The van der Waals surface area contributed by atoms with Gasteiger partial charge in [0.15, 0.2) is 0 Å². The lowest BCUT2D eigenvalue weighted by Gasteiger charge is -2.07. The maximum absolute atomic E-state index is 13.3. The van der Waals surface area contributed by atoms with E-state index in [9.17, 15) is 4.79 Å². The average molecular weight is 418 g/mol. The van der Waals surface area contributed by atoms with E-state index in [-0.39, 0.29) is 5.56 Å². The summed E-state index contributed by atoms with van der Waals surface area (Å²) in [6.45, 7) is 2.15. The first-order chi connectivity index (χ1) is 14.6. The molecule has 0 radical (unpaired) electrons. The predicted octanol–water partition coefficient (Wildman–Crippen LogP) is 5.10. The van der Waals surface area contributed by atoms with E-state index < -0.39 is 0 Å². The molecule has 30 heavy (non-hydrogen) atoms. The Labute approximate surface area is 179 Å². The molecule has 1 heterocycles. The van der Waals surface area contributed by atoms with Gasteiger partial charge in [-0.25, -0.2) is 4.68 Å². The van der Waals surface area contributed by atoms with Gasteiger partial charge in [-0.1, -0.05) is 77.4 Å². The molecule has 0 spiro atoms. The molecular formula is C24H20ClN3O2. The van der Waals surface area contributed by atoms with E-state index in [1.54, 1.807) is 12.1 Å². The number of aryl methyl sites for hydroxylation is 1. The van der Waals surface area contributed by atoms with Gasteiger partial charge in [-0.2, -0.15) is 0 Å². The Morgan fingerprint density at radius 1 is 0.967 bits per heavy atom. The van der Waals surface area contributed by atoms with Crippen LogP contribution >= 0.6 is 11.6 Å². The first-order valence-electron chi connectivity index (χ1n) is 9.51. The largest absolute Gasteiger partial charge is 0.390 e. The van der Waals surface area contributed by atoms with Gasteiger partial charge in [0, 0.05) is 16.3 Å². The van der Waals surface area contributed by atoms with Gasteiger partial charge >= 0.3 is 0 Å². The van der Waals surface area contributed by atoms with E-state index >= 15 is 0 Å². The smallest absolute Gasteiger partial charge is 0.281 e. The summed E-state index contributed by atoms with van der Waals surface area (Å²) in [5.74, 6) is 0. The molecule has 0 saturated heterocycles. The van der Waals surface area contributed by atoms with Crippen molar-refractivity contribution in [2.45, 2.75) is 13.5 Å². The SMILES string of the molecule is Cc1[nH]n(-c2ccccc2)c(=O)c1/C(=N/OCc1ccccc1)c1ccc(Cl)cc1. The molecule has 0 unspecified atom stereocenters. The zero-order chi connectivity index (χ0) is 20.9. The highest BCUT2D eigenvalue weighted by atomic mass is 35.5. The van der Waals surface area contributed by atoms with E-state index in [2.05, 4.69) is 10.3 Å². The number of hydrogen-bond acceptors (Lipinski definition) is 3. The van der Waals surface area contributed by atoms with Crippen LogP contribution in [0.4, 0.5) is 0 Å². The molecule has 1 aromatic heterocycles. The van der Waals surface area contributed by atoms with Crippen molar-refractivity contribution in [1.29, 1.82) is 0 Å². The zero-order valence-electron chi connectivity index (χ0n) is 16.4. The molecule has 150 valence electrons. The van der Waals surface area contributed by atoms with Crippen molar-refractivity contribution in [2.24, 2.45) is 5.16 Å². The van der Waals surface area contributed by atoms with Gasteiger partial charge in [-0.05, 0) is 36.8 Å². The van der Waals surface area contributed by atoms with Crippen LogP contribution in [-0.4, -0.2) is 15.5 Å². The van der Waals surface area contributed by atoms with Gasteiger partial charge in [-0.15, -0.1) is 0 Å². The molecule has 4 rings (SSSR count). The second-order valence-corrected chi connectivity index (χ2v) is 7.23. The minimum absolute atomic E-state index is 0.198. The first kappa shape index (κ1) is 19.7. The van der Waals surface area contributed by atoms with Crippen molar-refractivity contribution in [2.75, 3.05) is 0 Å². The van der Waals surface area contributed by atoms with Gasteiger partial charge < -0.3 is 4.84 Å². The number of nitrogens with zero attached hydrogens (tertiary/aromatic N) is 2. The van der Waals surface area contributed by atoms with Gasteiger partial charge in [0.1, 0.15) is 12.3 Å². The molecule has 6 heteroatoms. The highest BCUT2D eigenvalue weighted by molar-refractivity contribution is 6.30. The number of halogens is 1. The number of hydrogen-bond donors (Lipinski definition) is 1. The third kappa shape index (κ3) is 4.21. The third-order valence-corrected chi connectivity index (χ3v) is 4.92. The molecule has 0 fully saturated rings. The number of aromatic nitrogens is 2. The number of benzene rings is 3. The maximum Gasteiger partial charge on any atom is 0.281 e. The van der Waals surface area contributed by atoms with Crippen molar-refractivity contribution in [3.05, 3.63) is 123 Å². The van der Waals surface area contributed by atoms with E-state index in [0.717, 1.165) is 16.8 Å². The van der Waals surface area contributed by atoms with E-state index in [0.29, 0.717) is 28.6 Å². The molecule has 0 saturated carbocycles. The van der Waals surface area contributed by atoms with Crippen LogP contribution < -0.4 is 5.56 Å². The van der Waals surface area contributed by atoms with Gasteiger partial charge in [0.2, 0.25) is 0 Å². The number of H-pyrrole nitrogens is 1. The van der Waals surface area contributed by atoms with Crippen LogP contribution in [0.25, 0.3) is 5.69 Å². The molecule has 0 aliphatic heterocycles. The minimum atomic E-state index is -0.198. The Bertz CT molecular complexity index is 1210. The summed E-state index contributed by atoms with van der Waals surface area (Å²) in [5.41, 5.74) is 3.88. The average Bonchev–Trinajstić information content (AvgIpc) is 3.07. The normalized spacial score (nSPS) is 11.5. The summed E-state index contributed by atoms with van der Waals surface area (Å²) in [6, 6.07) is 26.3. The standard InChI is InChI=1S/C24H20ClN3O2/c1-17-22(24(29)28(26-17)21-10-6-3-7-11-21)23(19-12-14-20(25)15-13-19)27-30-16-18-8-4-2-5-9-18/h2-15,26H,16H2,1H3/b27-23+. The number of oxime groups is 1. The molecule has 0 atom stereocenters. The highest BCUT2D eigenvalue weighted by Crippen LogP contribution is 2.17. The quantitative estimate of drug-likeness (QED) is 0.350. The lowest BCUT2D eigenvalue weighted by molar-refractivity contribution is 0.131. The molecule has 3 aromatic carbocycles. The van der Waals surface area contributed by atoms with Crippen LogP contribution in [0.2, 0.25) is 5.02 Å². The summed E-state index contributed by atoms with van der Waals surface area (Å²) >= 11 is 6.05. The Hall–Kier alpha value is -3.57. The molecule has 0 bridgehead atoms. The third-order valence-electron chi connectivity index (χ3n) is 4.67. The predicted molar refractivity (Wildman–Crippen MR) is 119 cm³/mol. The fourth-order valence-corrected chi connectivity index (χ4v) is 3.31. The van der Waals surface area contributed by atoms with Gasteiger partial charge in [-0.3, -0.25) is 9.89 Å². The van der Waals surface area contributed by atoms with Crippen LogP contribution in [0.5, 0.6) is 0 Å². The fourth-order valence-electron chi connectivity index (χ4n) is 3.18. The van der Waals surface area contributed by atoms with Crippen LogP contribution in [-0.2, 0) is 11.4 Å². The van der Waals surface area contributed by atoms with Crippen molar-refractivity contribution < 1.29 is 4.84 Å². The summed E-state index contributed by atoms with van der Waals surface area (Å²) in [4.78, 5) is 18.9. The second-order valence-electron chi connectivity index (χ2n) is 6.79. The van der Waals surface area contributed by atoms with Crippen molar-refractivity contribution in [1.82, 2.24) is 9.78 Å². The molecule has 0 aliphatic rings. The lowest BCUT2D eigenvalue weighted by atomic mass is 10.0. The van der Waals surface area contributed by atoms with Gasteiger partial charge in [0.25, 0.3) is 5.56 Å². The van der Waals surface area contributed by atoms with Crippen molar-refractivity contribution >= 4 is 17.3 Å². The monoisotopic (exact) mass is 417 g/mol. The van der Waals surface area contributed by atoms with Crippen molar-refractivity contribution in [3.63, 3.8) is 0 Å². The number of aromatic amines is 1. The molecule has 5 nitrogen and oxygen atoms in total. The summed E-state index contributed by atoms with van der Waals surface area (Å²) in [6.07, 6.45) is 0. The zero-order valence-corrected chi connectivity index (χ0v) is 17.1. The van der Waals surface area contributed by atoms with E-state index in [1.807, 2.05) is 79.7 Å². The Balaban J connectivity index is 1.76. The lowest BCUT2D eigenvalue weighted by Crippen LogP contribution is -2.21. The summed E-state index contributed by atoms with van der Waals surface area (Å²) in [5, 5.41) is 8.11. The number of nitrogens with one attached hydrogen (secondary N) is 1. The Kier molecular flexibility index (Phi) is 5.82. The van der Waals surface area contributed by atoms with E-state index in [4.69, 9.17) is 16.4 Å². The highest BCUT2D eigenvalue weighted by Gasteiger charge is 2.20. The van der Waals surface area contributed by atoms with Crippen LogP contribution in [0.15, 0.2) is 94.9 Å². The Morgan fingerprint density at radius 3 is 2.27 bits per heavy atom. The molecule has 0 amide bonds. The molecule has 4 aromatic rings. The maximum atomic E-state index is 13.3. The van der Waals surface area contributed by atoms with Crippen LogP contribution in [0, 0.1) is 6.92 Å².